The number of carbonyl (C=O) groups excluding carboxylic acids is 2. The lowest BCUT2D eigenvalue weighted by Crippen LogP contribution is -2.12. The predicted molar refractivity (Wildman–Crippen MR) is 61.5 cm³/mol. The lowest BCUT2D eigenvalue weighted by atomic mass is 10.1. The number of hydrogen-bond donors (Lipinski definition) is 0. The number of ether oxygens (including phenoxy) is 1. The molecule has 0 spiro atoms. The van der Waals surface area contributed by atoms with Gasteiger partial charge in [0.15, 0.2) is 5.78 Å². The molecule has 0 fully saturated rings. The number of rotatable bonds is 4. The van der Waals surface area contributed by atoms with E-state index in [1.165, 1.54) is 6.92 Å². The van der Waals surface area contributed by atoms with E-state index in [-0.39, 0.29) is 11.9 Å². The summed E-state index contributed by atoms with van der Waals surface area (Å²) in [5.74, 6) is -0.443. The summed E-state index contributed by atoms with van der Waals surface area (Å²) >= 11 is 0. The fourth-order valence-electron chi connectivity index (χ4n) is 1.13. The Kier molecular flexibility index (Phi) is 4.00. The number of benzene rings is 1. The maximum atomic E-state index is 11.5. The topological polar surface area (TPSA) is 43.4 Å². The molecule has 0 aliphatic carbocycles. The Morgan fingerprint density at radius 2 is 1.75 bits per heavy atom. The van der Waals surface area contributed by atoms with Gasteiger partial charge in [0, 0.05) is 5.56 Å². The van der Waals surface area contributed by atoms with E-state index in [2.05, 4.69) is 6.58 Å². The Bertz CT molecular complexity index is 404. The van der Waals surface area contributed by atoms with Crippen LogP contribution in [0.25, 0.3) is 0 Å². The van der Waals surface area contributed by atoms with Crippen molar-refractivity contribution in [2.45, 2.75) is 20.0 Å². The highest BCUT2D eigenvalue weighted by Gasteiger charge is 2.10. The lowest BCUT2D eigenvalue weighted by molar-refractivity contribution is 0.0425. The van der Waals surface area contributed by atoms with Crippen LogP contribution < -0.4 is 0 Å². The van der Waals surface area contributed by atoms with Crippen molar-refractivity contribution in [3.63, 3.8) is 0 Å². The molecule has 0 bridgehead atoms. The van der Waals surface area contributed by atoms with Gasteiger partial charge in [-0.05, 0) is 26.0 Å². The molecule has 0 saturated heterocycles. The maximum Gasteiger partial charge on any atom is 0.338 e. The highest BCUT2D eigenvalue weighted by molar-refractivity contribution is 5.96. The van der Waals surface area contributed by atoms with Crippen molar-refractivity contribution in [3.8, 4) is 0 Å². The Balaban J connectivity index is 2.77. The number of ketones is 1. The van der Waals surface area contributed by atoms with E-state index in [0.29, 0.717) is 11.1 Å². The molecule has 0 unspecified atom stereocenters. The minimum Gasteiger partial charge on any atom is -0.455 e. The van der Waals surface area contributed by atoms with Gasteiger partial charge in [-0.2, -0.15) is 0 Å². The molecule has 0 saturated carbocycles. The minimum atomic E-state index is -0.414. The summed E-state index contributed by atoms with van der Waals surface area (Å²) in [6, 6.07) is 6.37. The monoisotopic (exact) mass is 218 g/mol. The smallest absolute Gasteiger partial charge is 0.338 e. The Morgan fingerprint density at radius 1 is 1.25 bits per heavy atom. The highest BCUT2D eigenvalue weighted by atomic mass is 16.5. The van der Waals surface area contributed by atoms with Gasteiger partial charge in [-0.25, -0.2) is 4.79 Å². The zero-order valence-corrected chi connectivity index (χ0v) is 9.40. The molecule has 0 radical (unpaired) electrons. The SMILES string of the molecule is C=C[C@@H](C)OC(=O)c1ccc(C(C)=O)cc1. The van der Waals surface area contributed by atoms with Gasteiger partial charge in [0.25, 0.3) is 0 Å². The molecular weight excluding hydrogens is 204 g/mol. The largest absolute Gasteiger partial charge is 0.455 e. The molecule has 1 aromatic rings. The quantitative estimate of drug-likeness (QED) is 0.443. The minimum absolute atomic E-state index is 0.0284. The van der Waals surface area contributed by atoms with Crippen LogP contribution in [0, 0.1) is 0 Å². The highest BCUT2D eigenvalue weighted by Crippen LogP contribution is 2.08. The van der Waals surface area contributed by atoms with Crippen LogP contribution in [0.1, 0.15) is 34.6 Å². The van der Waals surface area contributed by atoms with Crippen molar-refractivity contribution in [2.24, 2.45) is 0 Å². The van der Waals surface area contributed by atoms with Crippen LogP contribution in [0.2, 0.25) is 0 Å². The summed E-state index contributed by atoms with van der Waals surface area (Å²) in [4.78, 5) is 22.6. The molecule has 0 aliphatic heterocycles. The second-order valence-electron chi connectivity index (χ2n) is 3.48. The molecule has 0 aromatic heterocycles. The molecule has 1 atom stereocenters. The van der Waals surface area contributed by atoms with Gasteiger partial charge in [0.05, 0.1) is 5.56 Å². The lowest BCUT2D eigenvalue weighted by Gasteiger charge is -2.08. The molecule has 0 amide bonds. The van der Waals surface area contributed by atoms with Crippen LogP contribution in [-0.2, 0) is 4.74 Å². The second-order valence-corrected chi connectivity index (χ2v) is 3.48. The number of Topliss-reactive ketones (excluding diaryl/α,β-unsaturated/α-hetero) is 1. The molecule has 84 valence electrons. The van der Waals surface area contributed by atoms with Gasteiger partial charge in [-0.3, -0.25) is 4.79 Å². The van der Waals surface area contributed by atoms with Crippen LogP contribution in [0.3, 0.4) is 0 Å². The van der Waals surface area contributed by atoms with E-state index < -0.39 is 5.97 Å². The van der Waals surface area contributed by atoms with Crippen molar-refractivity contribution in [1.82, 2.24) is 0 Å². The van der Waals surface area contributed by atoms with Crippen molar-refractivity contribution in [2.75, 3.05) is 0 Å². The third-order valence-corrected chi connectivity index (χ3v) is 2.15. The fraction of sp³-hybridized carbons (Fsp3) is 0.231. The summed E-state index contributed by atoms with van der Waals surface area (Å²) in [7, 11) is 0. The van der Waals surface area contributed by atoms with E-state index in [4.69, 9.17) is 4.74 Å². The summed E-state index contributed by atoms with van der Waals surface area (Å²) in [6.07, 6.45) is 1.22. The summed E-state index contributed by atoms with van der Waals surface area (Å²) in [5.41, 5.74) is 1.01. The molecule has 1 aromatic carbocycles. The predicted octanol–water partition coefficient (Wildman–Crippen LogP) is 2.62. The van der Waals surface area contributed by atoms with Gasteiger partial charge < -0.3 is 4.74 Å². The molecule has 1 rings (SSSR count). The summed E-state index contributed by atoms with van der Waals surface area (Å²) in [5, 5.41) is 0. The van der Waals surface area contributed by atoms with Gasteiger partial charge in [0.2, 0.25) is 0 Å². The zero-order chi connectivity index (χ0) is 12.1. The van der Waals surface area contributed by atoms with Crippen LogP contribution in [-0.4, -0.2) is 17.9 Å². The third-order valence-electron chi connectivity index (χ3n) is 2.15. The normalized spacial score (nSPS) is 11.6. The summed E-state index contributed by atoms with van der Waals surface area (Å²) in [6.45, 7) is 6.73. The first kappa shape index (κ1) is 12.2. The van der Waals surface area contributed by atoms with Gasteiger partial charge in [-0.15, -0.1) is 0 Å². The standard InChI is InChI=1S/C13H14O3/c1-4-9(2)16-13(15)12-7-5-11(6-8-12)10(3)14/h4-9H,1H2,2-3H3/t9-/m1/s1. The molecule has 0 aliphatic rings. The molecule has 16 heavy (non-hydrogen) atoms. The van der Waals surface area contributed by atoms with E-state index in [1.54, 1.807) is 37.3 Å². The Morgan fingerprint density at radius 3 is 2.19 bits per heavy atom. The molecule has 3 nitrogen and oxygen atoms in total. The Hall–Kier alpha value is -1.90. The average molecular weight is 218 g/mol. The molecule has 0 N–H and O–H groups in total. The third kappa shape index (κ3) is 3.05. The van der Waals surface area contributed by atoms with Crippen LogP contribution in [0.15, 0.2) is 36.9 Å². The fourth-order valence-corrected chi connectivity index (χ4v) is 1.13. The average Bonchev–Trinajstić information content (AvgIpc) is 2.28. The van der Waals surface area contributed by atoms with E-state index in [9.17, 15) is 9.59 Å². The number of carbonyl (C=O) groups is 2. The van der Waals surface area contributed by atoms with Crippen molar-refractivity contribution < 1.29 is 14.3 Å². The van der Waals surface area contributed by atoms with E-state index in [0.717, 1.165) is 0 Å². The van der Waals surface area contributed by atoms with Gasteiger partial charge >= 0.3 is 5.97 Å². The maximum absolute atomic E-state index is 11.5. The van der Waals surface area contributed by atoms with Crippen LogP contribution >= 0.6 is 0 Å². The van der Waals surface area contributed by atoms with Gasteiger partial charge in [0.1, 0.15) is 6.10 Å². The first-order chi connectivity index (χ1) is 7.54. The summed E-state index contributed by atoms with van der Waals surface area (Å²) < 4.78 is 5.04. The molecule has 3 heteroatoms. The molecule has 0 heterocycles. The van der Waals surface area contributed by atoms with Crippen molar-refractivity contribution >= 4 is 11.8 Å². The van der Waals surface area contributed by atoms with E-state index in [1.807, 2.05) is 0 Å². The van der Waals surface area contributed by atoms with Crippen molar-refractivity contribution in [1.29, 1.82) is 0 Å². The van der Waals surface area contributed by atoms with E-state index >= 15 is 0 Å². The van der Waals surface area contributed by atoms with Gasteiger partial charge in [-0.1, -0.05) is 24.8 Å². The zero-order valence-electron chi connectivity index (χ0n) is 9.40. The van der Waals surface area contributed by atoms with Crippen LogP contribution in [0.5, 0.6) is 0 Å². The number of hydrogen-bond acceptors (Lipinski definition) is 3. The first-order valence-electron chi connectivity index (χ1n) is 4.99. The van der Waals surface area contributed by atoms with Crippen LogP contribution in [0.4, 0.5) is 0 Å². The molecular formula is C13H14O3. The second kappa shape index (κ2) is 5.26. The number of esters is 1. The Labute approximate surface area is 94.7 Å². The first-order valence-corrected chi connectivity index (χ1v) is 4.99. The van der Waals surface area contributed by atoms with Crippen molar-refractivity contribution in [3.05, 3.63) is 48.0 Å².